The van der Waals surface area contributed by atoms with Gasteiger partial charge in [-0.25, -0.2) is 0 Å². The van der Waals surface area contributed by atoms with Crippen LogP contribution in [0.4, 0.5) is 0 Å². The quantitative estimate of drug-likeness (QED) is 0.702. The third kappa shape index (κ3) is 3.46. The van der Waals surface area contributed by atoms with Crippen LogP contribution in [0.25, 0.3) is 0 Å². The number of nitrogens with one attached hydrogen (secondary N) is 1. The van der Waals surface area contributed by atoms with Gasteiger partial charge in [0.25, 0.3) is 0 Å². The Bertz CT molecular complexity index is 164. The zero-order valence-corrected chi connectivity index (χ0v) is 10.6. The summed E-state index contributed by atoms with van der Waals surface area (Å²) >= 11 is 0. The van der Waals surface area contributed by atoms with E-state index in [0.29, 0.717) is 5.41 Å². The number of hydrogen-bond donors (Lipinski definition) is 1. The van der Waals surface area contributed by atoms with Crippen LogP contribution in [-0.4, -0.2) is 26.8 Å². The summed E-state index contributed by atoms with van der Waals surface area (Å²) in [6.07, 6.45) is 6.86. The molecule has 1 unspecified atom stereocenters. The van der Waals surface area contributed by atoms with Crippen LogP contribution in [0.3, 0.4) is 0 Å². The largest absolute Gasteiger partial charge is 0.385 e. The molecule has 1 rings (SSSR count). The van der Waals surface area contributed by atoms with Gasteiger partial charge < -0.3 is 10.1 Å². The number of rotatable bonds is 7. The van der Waals surface area contributed by atoms with E-state index in [4.69, 9.17) is 4.74 Å². The van der Waals surface area contributed by atoms with Gasteiger partial charge >= 0.3 is 0 Å². The summed E-state index contributed by atoms with van der Waals surface area (Å²) in [6.45, 7) is 7.81. The van der Waals surface area contributed by atoms with Crippen LogP contribution >= 0.6 is 0 Å². The lowest BCUT2D eigenvalue weighted by atomic mass is 9.73. The fourth-order valence-corrected chi connectivity index (χ4v) is 2.90. The molecule has 0 radical (unpaired) electrons. The molecule has 0 bridgehead atoms. The molecule has 0 saturated heterocycles. The van der Waals surface area contributed by atoms with E-state index in [1.807, 2.05) is 0 Å². The molecule has 0 heterocycles. The van der Waals surface area contributed by atoms with Gasteiger partial charge in [-0.3, -0.25) is 0 Å². The third-order valence-corrected chi connectivity index (χ3v) is 4.13. The van der Waals surface area contributed by atoms with Crippen molar-refractivity contribution in [2.45, 2.75) is 46.0 Å². The van der Waals surface area contributed by atoms with Gasteiger partial charge in [0.2, 0.25) is 0 Å². The van der Waals surface area contributed by atoms with Gasteiger partial charge in [-0.1, -0.05) is 26.7 Å². The maximum atomic E-state index is 5.20. The molecule has 0 aromatic heterocycles. The summed E-state index contributed by atoms with van der Waals surface area (Å²) in [5, 5.41) is 3.55. The predicted molar refractivity (Wildman–Crippen MR) is 65.1 cm³/mol. The molecule has 1 saturated carbocycles. The Morgan fingerprint density at radius 3 is 2.53 bits per heavy atom. The van der Waals surface area contributed by atoms with E-state index in [2.05, 4.69) is 19.2 Å². The smallest absolute Gasteiger partial charge is 0.0465 e. The van der Waals surface area contributed by atoms with Gasteiger partial charge in [0.05, 0.1) is 0 Å². The minimum Gasteiger partial charge on any atom is -0.385 e. The van der Waals surface area contributed by atoms with Crippen molar-refractivity contribution in [2.24, 2.45) is 11.3 Å². The zero-order chi connectivity index (χ0) is 11.1. The first-order chi connectivity index (χ1) is 7.25. The molecule has 0 aromatic carbocycles. The highest BCUT2D eigenvalue weighted by Gasteiger charge is 2.37. The highest BCUT2D eigenvalue weighted by Crippen LogP contribution is 2.45. The zero-order valence-electron chi connectivity index (χ0n) is 10.6. The van der Waals surface area contributed by atoms with Crippen molar-refractivity contribution in [1.82, 2.24) is 5.32 Å². The molecule has 1 N–H and O–H groups in total. The summed E-state index contributed by atoms with van der Waals surface area (Å²) < 4.78 is 5.20. The monoisotopic (exact) mass is 213 g/mol. The van der Waals surface area contributed by atoms with Crippen LogP contribution in [0.5, 0.6) is 0 Å². The van der Waals surface area contributed by atoms with E-state index in [-0.39, 0.29) is 0 Å². The summed E-state index contributed by atoms with van der Waals surface area (Å²) in [7, 11) is 1.80. The molecule has 90 valence electrons. The minimum atomic E-state index is 0.564. The van der Waals surface area contributed by atoms with Crippen molar-refractivity contribution >= 4 is 0 Å². The van der Waals surface area contributed by atoms with Gasteiger partial charge in [-0.2, -0.15) is 0 Å². The number of methoxy groups -OCH3 is 1. The lowest BCUT2D eigenvalue weighted by Gasteiger charge is -2.36. The molecule has 0 amide bonds. The predicted octanol–water partition coefficient (Wildman–Crippen LogP) is 2.83. The van der Waals surface area contributed by atoms with Crippen LogP contribution in [0.2, 0.25) is 0 Å². The molecular formula is C13H27NO. The SMILES string of the molecule is CCNCC1(C(C)CCOC)CCCC1. The summed E-state index contributed by atoms with van der Waals surface area (Å²) in [5.41, 5.74) is 0.564. The molecule has 1 fully saturated rings. The molecular weight excluding hydrogens is 186 g/mol. The molecule has 0 aromatic rings. The maximum absolute atomic E-state index is 5.20. The molecule has 1 aliphatic carbocycles. The average Bonchev–Trinajstić information content (AvgIpc) is 2.73. The standard InChI is InChI=1S/C13H27NO/c1-4-14-11-13(8-5-6-9-13)12(2)7-10-15-3/h12,14H,4-11H2,1-3H3. The molecule has 0 aliphatic heterocycles. The van der Waals surface area contributed by atoms with Gasteiger partial charge in [0, 0.05) is 20.3 Å². The van der Waals surface area contributed by atoms with Crippen molar-refractivity contribution in [3.05, 3.63) is 0 Å². The Hall–Kier alpha value is -0.0800. The van der Waals surface area contributed by atoms with E-state index in [1.165, 1.54) is 38.6 Å². The Balaban J connectivity index is 2.47. The summed E-state index contributed by atoms with van der Waals surface area (Å²) in [5.74, 6) is 0.791. The summed E-state index contributed by atoms with van der Waals surface area (Å²) in [6, 6.07) is 0. The van der Waals surface area contributed by atoms with E-state index >= 15 is 0 Å². The molecule has 0 spiro atoms. The first-order valence-corrected chi connectivity index (χ1v) is 6.45. The van der Waals surface area contributed by atoms with Crippen LogP contribution in [-0.2, 0) is 4.74 Å². The van der Waals surface area contributed by atoms with Crippen LogP contribution in [0, 0.1) is 11.3 Å². The van der Waals surface area contributed by atoms with Crippen molar-refractivity contribution in [2.75, 3.05) is 26.8 Å². The second kappa shape index (κ2) is 6.49. The lowest BCUT2D eigenvalue weighted by Crippen LogP contribution is -2.37. The highest BCUT2D eigenvalue weighted by molar-refractivity contribution is 4.90. The van der Waals surface area contributed by atoms with E-state index in [0.717, 1.165) is 19.1 Å². The van der Waals surface area contributed by atoms with Gasteiger partial charge in [-0.15, -0.1) is 0 Å². The number of ether oxygens (including phenoxy) is 1. The van der Waals surface area contributed by atoms with Crippen LogP contribution in [0.15, 0.2) is 0 Å². The Kier molecular flexibility index (Phi) is 5.62. The Labute approximate surface area is 94.8 Å². The minimum absolute atomic E-state index is 0.564. The molecule has 15 heavy (non-hydrogen) atoms. The molecule has 2 heteroatoms. The molecule has 1 atom stereocenters. The van der Waals surface area contributed by atoms with Crippen LogP contribution in [0.1, 0.15) is 46.0 Å². The van der Waals surface area contributed by atoms with Crippen molar-refractivity contribution in [1.29, 1.82) is 0 Å². The summed E-state index contributed by atoms with van der Waals surface area (Å²) in [4.78, 5) is 0. The first-order valence-electron chi connectivity index (χ1n) is 6.45. The Morgan fingerprint density at radius 2 is 2.00 bits per heavy atom. The molecule has 2 nitrogen and oxygen atoms in total. The average molecular weight is 213 g/mol. The Morgan fingerprint density at radius 1 is 1.33 bits per heavy atom. The van der Waals surface area contributed by atoms with E-state index in [1.54, 1.807) is 7.11 Å². The third-order valence-electron chi connectivity index (χ3n) is 4.13. The normalized spacial score (nSPS) is 21.8. The van der Waals surface area contributed by atoms with Gasteiger partial charge in [0.1, 0.15) is 0 Å². The fourth-order valence-electron chi connectivity index (χ4n) is 2.90. The van der Waals surface area contributed by atoms with E-state index in [9.17, 15) is 0 Å². The highest BCUT2D eigenvalue weighted by atomic mass is 16.5. The first kappa shape index (κ1) is 13.0. The topological polar surface area (TPSA) is 21.3 Å². The second-order valence-electron chi connectivity index (χ2n) is 5.03. The fraction of sp³-hybridized carbons (Fsp3) is 1.00. The molecule has 1 aliphatic rings. The number of hydrogen-bond acceptors (Lipinski definition) is 2. The van der Waals surface area contributed by atoms with Crippen molar-refractivity contribution in [3.63, 3.8) is 0 Å². The van der Waals surface area contributed by atoms with Gasteiger partial charge in [-0.05, 0) is 37.1 Å². The second-order valence-corrected chi connectivity index (χ2v) is 5.03. The van der Waals surface area contributed by atoms with Crippen molar-refractivity contribution < 1.29 is 4.74 Å². The lowest BCUT2D eigenvalue weighted by molar-refractivity contribution is 0.115. The maximum Gasteiger partial charge on any atom is 0.0465 e. The van der Waals surface area contributed by atoms with E-state index < -0.39 is 0 Å². The van der Waals surface area contributed by atoms with Crippen LogP contribution < -0.4 is 5.32 Å². The van der Waals surface area contributed by atoms with Gasteiger partial charge in [0.15, 0.2) is 0 Å². The van der Waals surface area contributed by atoms with Crippen molar-refractivity contribution in [3.8, 4) is 0 Å².